The second-order valence-electron chi connectivity index (χ2n) is 4.81. The minimum absolute atomic E-state index is 0.234. The van der Waals surface area contributed by atoms with E-state index in [1.165, 1.54) is 6.07 Å². The average Bonchev–Trinajstić information content (AvgIpc) is 2.69. The highest BCUT2D eigenvalue weighted by Gasteiger charge is 2.15. The van der Waals surface area contributed by atoms with Crippen molar-refractivity contribution in [3.05, 3.63) is 29.8 Å². The summed E-state index contributed by atoms with van der Waals surface area (Å²) in [6.45, 7) is 5.16. The Bertz CT molecular complexity index is 531. The molecule has 98 valence electrons. The number of para-hydroxylation sites is 1. The molecule has 1 N–H and O–H groups in total. The molecule has 0 radical (unpaired) electrons. The van der Waals surface area contributed by atoms with Gasteiger partial charge in [-0.15, -0.1) is 0 Å². The minimum atomic E-state index is -0.234. The van der Waals surface area contributed by atoms with Gasteiger partial charge in [-0.25, -0.2) is 9.37 Å². The number of rotatable bonds is 5. The first-order valence-electron chi connectivity index (χ1n) is 6.45. The van der Waals surface area contributed by atoms with Gasteiger partial charge in [0.15, 0.2) is 5.82 Å². The summed E-state index contributed by atoms with van der Waals surface area (Å²) in [6, 6.07) is 5.45. The van der Waals surface area contributed by atoms with Crippen LogP contribution in [-0.2, 0) is 6.42 Å². The van der Waals surface area contributed by atoms with E-state index in [1.54, 1.807) is 6.07 Å². The van der Waals surface area contributed by atoms with Gasteiger partial charge in [-0.2, -0.15) is 0 Å². The lowest BCUT2D eigenvalue weighted by molar-refractivity contribution is 0.571. The van der Waals surface area contributed by atoms with Crippen molar-refractivity contribution >= 4 is 11.0 Å². The molecule has 2 aromatic rings. The highest BCUT2D eigenvalue weighted by Crippen LogP contribution is 2.23. The standard InChI is InChI=1S/C14H20FN3/c1-10(2)18-12-7-4-6-11(15)14(12)17-13(18)8-5-9-16-3/h4,6-7,10,16H,5,8-9H2,1-3H3. The topological polar surface area (TPSA) is 29.9 Å². The molecule has 4 heteroatoms. The molecule has 2 rings (SSSR count). The lowest BCUT2D eigenvalue weighted by atomic mass is 10.2. The second kappa shape index (κ2) is 5.48. The fourth-order valence-electron chi connectivity index (χ4n) is 2.31. The summed E-state index contributed by atoms with van der Waals surface area (Å²) in [5, 5.41) is 3.12. The van der Waals surface area contributed by atoms with E-state index in [0.29, 0.717) is 11.6 Å². The van der Waals surface area contributed by atoms with E-state index in [2.05, 4.69) is 28.7 Å². The molecule has 0 unspecified atom stereocenters. The molecule has 0 amide bonds. The number of aryl methyl sites for hydroxylation is 1. The van der Waals surface area contributed by atoms with Gasteiger partial charge in [-0.3, -0.25) is 0 Å². The summed E-state index contributed by atoms with van der Waals surface area (Å²) in [6.07, 6.45) is 1.88. The van der Waals surface area contributed by atoms with Gasteiger partial charge in [0, 0.05) is 12.5 Å². The van der Waals surface area contributed by atoms with Crippen molar-refractivity contribution in [3.8, 4) is 0 Å². The van der Waals surface area contributed by atoms with Gasteiger partial charge in [0.05, 0.1) is 5.52 Å². The molecule has 1 aromatic carbocycles. The van der Waals surface area contributed by atoms with Gasteiger partial charge < -0.3 is 9.88 Å². The van der Waals surface area contributed by atoms with Gasteiger partial charge in [0.2, 0.25) is 0 Å². The van der Waals surface area contributed by atoms with Crippen LogP contribution in [-0.4, -0.2) is 23.1 Å². The molecule has 3 nitrogen and oxygen atoms in total. The van der Waals surface area contributed by atoms with Crippen molar-refractivity contribution in [3.63, 3.8) is 0 Å². The van der Waals surface area contributed by atoms with E-state index < -0.39 is 0 Å². The third-order valence-corrected chi connectivity index (χ3v) is 3.09. The summed E-state index contributed by atoms with van der Waals surface area (Å²) >= 11 is 0. The molecular weight excluding hydrogens is 229 g/mol. The third-order valence-electron chi connectivity index (χ3n) is 3.09. The quantitative estimate of drug-likeness (QED) is 0.826. The zero-order valence-corrected chi connectivity index (χ0v) is 11.2. The van der Waals surface area contributed by atoms with E-state index in [4.69, 9.17) is 0 Å². The first-order valence-corrected chi connectivity index (χ1v) is 6.45. The Labute approximate surface area is 107 Å². The lowest BCUT2D eigenvalue weighted by Crippen LogP contribution is -2.11. The van der Waals surface area contributed by atoms with Crippen LogP contribution in [0.25, 0.3) is 11.0 Å². The molecule has 0 atom stereocenters. The van der Waals surface area contributed by atoms with Gasteiger partial charge in [0.25, 0.3) is 0 Å². The number of fused-ring (bicyclic) bond motifs is 1. The summed E-state index contributed by atoms with van der Waals surface area (Å²) in [4.78, 5) is 4.47. The van der Waals surface area contributed by atoms with Crippen molar-refractivity contribution in [2.45, 2.75) is 32.7 Å². The number of imidazole rings is 1. The lowest BCUT2D eigenvalue weighted by Gasteiger charge is -2.12. The van der Waals surface area contributed by atoms with Crippen molar-refractivity contribution in [1.29, 1.82) is 0 Å². The van der Waals surface area contributed by atoms with Crippen LogP contribution in [0.15, 0.2) is 18.2 Å². The Balaban J connectivity index is 2.44. The van der Waals surface area contributed by atoms with Crippen molar-refractivity contribution in [2.75, 3.05) is 13.6 Å². The zero-order valence-electron chi connectivity index (χ0n) is 11.2. The smallest absolute Gasteiger partial charge is 0.151 e. The maximum atomic E-state index is 13.7. The third kappa shape index (κ3) is 2.38. The zero-order chi connectivity index (χ0) is 13.1. The van der Waals surface area contributed by atoms with Gasteiger partial charge in [0.1, 0.15) is 11.3 Å². The molecule has 0 fully saturated rings. The van der Waals surface area contributed by atoms with Crippen LogP contribution in [0.4, 0.5) is 4.39 Å². The molecule has 0 bridgehead atoms. The number of halogens is 1. The van der Waals surface area contributed by atoms with Crippen LogP contribution in [0.5, 0.6) is 0 Å². The molecule has 0 aliphatic carbocycles. The first-order chi connectivity index (χ1) is 8.65. The average molecular weight is 249 g/mol. The number of benzene rings is 1. The first kappa shape index (κ1) is 13.0. The molecule has 0 saturated carbocycles. The Morgan fingerprint density at radius 2 is 2.17 bits per heavy atom. The number of hydrogen-bond acceptors (Lipinski definition) is 2. The highest BCUT2D eigenvalue weighted by molar-refractivity contribution is 5.76. The van der Waals surface area contributed by atoms with Crippen LogP contribution < -0.4 is 5.32 Å². The Morgan fingerprint density at radius 3 is 2.83 bits per heavy atom. The summed E-state index contributed by atoms with van der Waals surface area (Å²) < 4.78 is 15.9. The van der Waals surface area contributed by atoms with Crippen molar-refractivity contribution in [1.82, 2.24) is 14.9 Å². The highest BCUT2D eigenvalue weighted by atomic mass is 19.1. The van der Waals surface area contributed by atoms with Crippen LogP contribution in [0.1, 0.15) is 32.1 Å². The molecule has 0 aliphatic rings. The SMILES string of the molecule is CNCCCc1nc2c(F)cccc2n1C(C)C. The fourth-order valence-corrected chi connectivity index (χ4v) is 2.31. The Hall–Kier alpha value is -1.42. The predicted octanol–water partition coefficient (Wildman–Crippen LogP) is 2.91. The molecule has 18 heavy (non-hydrogen) atoms. The molecule has 1 heterocycles. The minimum Gasteiger partial charge on any atom is -0.325 e. The van der Waals surface area contributed by atoms with Crippen molar-refractivity contribution < 1.29 is 4.39 Å². The van der Waals surface area contributed by atoms with Gasteiger partial charge in [-0.1, -0.05) is 6.07 Å². The number of hydrogen-bond donors (Lipinski definition) is 1. The van der Waals surface area contributed by atoms with E-state index in [0.717, 1.165) is 30.7 Å². The number of aromatic nitrogens is 2. The number of nitrogens with zero attached hydrogens (tertiary/aromatic N) is 2. The monoisotopic (exact) mass is 249 g/mol. The van der Waals surface area contributed by atoms with E-state index in [1.807, 2.05) is 13.1 Å². The van der Waals surface area contributed by atoms with Gasteiger partial charge in [-0.05, 0) is 46.0 Å². The molecule has 0 aliphatic heterocycles. The Morgan fingerprint density at radius 1 is 1.39 bits per heavy atom. The molecule has 1 aromatic heterocycles. The predicted molar refractivity (Wildman–Crippen MR) is 72.3 cm³/mol. The van der Waals surface area contributed by atoms with E-state index in [-0.39, 0.29) is 5.82 Å². The van der Waals surface area contributed by atoms with Crippen LogP contribution >= 0.6 is 0 Å². The van der Waals surface area contributed by atoms with Crippen LogP contribution in [0, 0.1) is 5.82 Å². The molecule has 0 spiro atoms. The fraction of sp³-hybridized carbons (Fsp3) is 0.500. The molecular formula is C14H20FN3. The number of nitrogens with one attached hydrogen (secondary N) is 1. The van der Waals surface area contributed by atoms with Gasteiger partial charge >= 0.3 is 0 Å². The summed E-state index contributed by atoms with van der Waals surface area (Å²) in [7, 11) is 1.94. The summed E-state index contributed by atoms with van der Waals surface area (Å²) in [5.74, 6) is 0.738. The maximum absolute atomic E-state index is 13.7. The van der Waals surface area contributed by atoms with E-state index in [9.17, 15) is 4.39 Å². The van der Waals surface area contributed by atoms with Crippen LogP contribution in [0.2, 0.25) is 0 Å². The van der Waals surface area contributed by atoms with Crippen molar-refractivity contribution in [2.24, 2.45) is 0 Å². The van der Waals surface area contributed by atoms with E-state index >= 15 is 0 Å². The largest absolute Gasteiger partial charge is 0.325 e. The maximum Gasteiger partial charge on any atom is 0.151 e. The van der Waals surface area contributed by atoms with Crippen LogP contribution in [0.3, 0.4) is 0 Å². The Kier molecular flexibility index (Phi) is 3.97. The summed E-state index contributed by atoms with van der Waals surface area (Å²) in [5.41, 5.74) is 1.38. The second-order valence-corrected chi connectivity index (χ2v) is 4.81. The normalized spacial score (nSPS) is 11.6. The molecule has 0 saturated heterocycles.